The second-order valence-electron chi connectivity index (χ2n) is 4.97. The van der Waals surface area contributed by atoms with E-state index in [1.807, 2.05) is 47.2 Å². The van der Waals surface area contributed by atoms with Crippen LogP contribution in [0.15, 0.2) is 60.8 Å². The summed E-state index contributed by atoms with van der Waals surface area (Å²) in [4.78, 5) is 22.9. The largest absolute Gasteiger partial charge is 0.463 e. The number of hydrogen-bond acceptors (Lipinski definition) is 3. The maximum Gasteiger partial charge on any atom is 0.330 e. The fraction of sp³-hybridized carbons (Fsp3) is 0.158. The molecule has 124 valence electrons. The first kappa shape index (κ1) is 17.8. The van der Waals surface area contributed by atoms with Gasteiger partial charge in [0.05, 0.1) is 6.61 Å². The van der Waals surface area contributed by atoms with Crippen molar-refractivity contribution in [3.63, 3.8) is 0 Å². The summed E-state index contributed by atoms with van der Waals surface area (Å²) in [5.74, 6) is -0.810. The third-order valence-electron chi connectivity index (χ3n) is 3.25. The van der Waals surface area contributed by atoms with Crippen molar-refractivity contribution in [1.82, 2.24) is 4.57 Å². The van der Waals surface area contributed by atoms with E-state index in [2.05, 4.69) is 0 Å². The Balaban J connectivity index is 2.04. The van der Waals surface area contributed by atoms with Crippen LogP contribution < -0.4 is 0 Å². The molecule has 0 aliphatic heterocycles. The van der Waals surface area contributed by atoms with Gasteiger partial charge in [-0.1, -0.05) is 29.8 Å². The van der Waals surface area contributed by atoms with Gasteiger partial charge in [0, 0.05) is 29.5 Å². The van der Waals surface area contributed by atoms with Crippen LogP contribution in [0.4, 0.5) is 0 Å². The molecule has 1 heterocycles. The number of esters is 1. The van der Waals surface area contributed by atoms with Crippen molar-refractivity contribution < 1.29 is 14.3 Å². The van der Waals surface area contributed by atoms with Crippen LogP contribution in [0, 0.1) is 0 Å². The summed E-state index contributed by atoms with van der Waals surface area (Å²) < 4.78 is 6.71. The molecule has 0 atom stereocenters. The molecule has 1 aromatic heterocycles. The van der Waals surface area contributed by atoms with E-state index >= 15 is 0 Å². The number of allylic oxidation sites excluding steroid dienone is 2. The van der Waals surface area contributed by atoms with E-state index in [9.17, 15) is 9.59 Å². The van der Waals surface area contributed by atoms with E-state index in [0.717, 1.165) is 17.3 Å². The van der Waals surface area contributed by atoms with Crippen molar-refractivity contribution in [2.75, 3.05) is 6.61 Å². The minimum Gasteiger partial charge on any atom is -0.463 e. The zero-order chi connectivity index (χ0) is 17.4. The monoisotopic (exact) mass is 343 g/mol. The second-order valence-corrected chi connectivity index (χ2v) is 5.38. The molecule has 0 aliphatic carbocycles. The molecule has 0 saturated carbocycles. The Morgan fingerprint density at radius 1 is 1.12 bits per heavy atom. The van der Waals surface area contributed by atoms with Crippen molar-refractivity contribution >= 4 is 29.4 Å². The SMILES string of the molecule is CCOC(=O)/C=C/C(=O)/C=C/c1cccn1Cc1ccccc1Cl. The van der Waals surface area contributed by atoms with Gasteiger partial charge in [-0.15, -0.1) is 0 Å². The van der Waals surface area contributed by atoms with Crippen molar-refractivity contribution in [2.45, 2.75) is 13.5 Å². The molecule has 2 aromatic rings. The first-order valence-corrected chi connectivity index (χ1v) is 7.93. The summed E-state index contributed by atoms with van der Waals surface area (Å²) in [5.41, 5.74) is 1.87. The quantitative estimate of drug-likeness (QED) is 0.566. The fourth-order valence-corrected chi connectivity index (χ4v) is 2.29. The number of rotatable bonds is 7. The number of carbonyl (C=O) groups excluding carboxylic acids is 2. The average Bonchev–Trinajstić information content (AvgIpc) is 3.00. The number of aromatic nitrogens is 1. The van der Waals surface area contributed by atoms with Gasteiger partial charge in [0.2, 0.25) is 0 Å². The predicted octanol–water partition coefficient (Wildman–Crippen LogP) is 3.89. The Kier molecular flexibility index (Phi) is 6.58. The van der Waals surface area contributed by atoms with Crippen LogP contribution >= 0.6 is 11.6 Å². The van der Waals surface area contributed by atoms with Crippen LogP contribution in [-0.2, 0) is 20.9 Å². The molecule has 24 heavy (non-hydrogen) atoms. The van der Waals surface area contributed by atoms with Crippen LogP contribution in [0.2, 0.25) is 5.02 Å². The lowest BCUT2D eigenvalue weighted by atomic mass is 10.2. The van der Waals surface area contributed by atoms with E-state index in [1.165, 1.54) is 12.2 Å². The number of benzene rings is 1. The molecule has 5 heteroatoms. The minimum absolute atomic E-state index is 0.281. The van der Waals surface area contributed by atoms with Crippen molar-refractivity contribution in [2.24, 2.45) is 0 Å². The molecule has 0 unspecified atom stereocenters. The summed E-state index contributed by atoms with van der Waals surface area (Å²) in [6, 6.07) is 11.4. The van der Waals surface area contributed by atoms with Gasteiger partial charge in [-0.25, -0.2) is 4.79 Å². The van der Waals surface area contributed by atoms with Crippen LogP contribution in [0.5, 0.6) is 0 Å². The van der Waals surface area contributed by atoms with Gasteiger partial charge in [0.1, 0.15) is 0 Å². The highest BCUT2D eigenvalue weighted by molar-refractivity contribution is 6.31. The summed E-state index contributed by atoms with van der Waals surface area (Å²) >= 11 is 6.18. The average molecular weight is 344 g/mol. The standard InChI is InChI=1S/C19H18ClNO3/c1-2-24-19(23)12-11-17(22)10-9-16-7-5-13-21(16)14-15-6-3-4-8-18(15)20/h3-13H,2,14H2,1H3/b10-9+,12-11+. The summed E-state index contributed by atoms with van der Waals surface area (Å²) in [6.45, 7) is 2.60. The van der Waals surface area contributed by atoms with Gasteiger partial charge in [-0.2, -0.15) is 0 Å². The van der Waals surface area contributed by atoms with Gasteiger partial charge < -0.3 is 9.30 Å². The Hall–Kier alpha value is -2.59. The number of nitrogens with zero attached hydrogens (tertiary/aromatic N) is 1. The van der Waals surface area contributed by atoms with Crippen molar-refractivity contribution in [3.05, 3.63) is 77.1 Å². The number of hydrogen-bond donors (Lipinski definition) is 0. The van der Waals surface area contributed by atoms with Crippen molar-refractivity contribution in [1.29, 1.82) is 0 Å². The van der Waals surface area contributed by atoms with E-state index in [-0.39, 0.29) is 12.4 Å². The Morgan fingerprint density at radius 3 is 2.67 bits per heavy atom. The molecular formula is C19H18ClNO3. The first-order chi connectivity index (χ1) is 11.6. The Bertz CT molecular complexity index is 774. The number of halogens is 1. The molecule has 0 radical (unpaired) electrons. The lowest BCUT2D eigenvalue weighted by Crippen LogP contribution is -2.01. The van der Waals surface area contributed by atoms with Gasteiger partial charge in [-0.05, 0) is 48.9 Å². The summed E-state index contributed by atoms with van der Waals surface area (Å²) in [6.07, 6.45) is 7.35. The highest BCUT2D eigenvalue weighted by Gasteiger charge is 2.03. The van der Waals surface area contributed by atoms with Gasteiger partial charge in [0.15, 0.2) is 5.78 Å². The molecule has 1 aromatic carbocycles. The maximum absolute atomic E-state index is 11.8. The minimum atomic E-state index is -0.527. The van der Waals surface area contributed by atoms with Crippen LogP contribution in [0.3, 0.4) is 0 Å². The molecule has 0 N–H and O–H groups in total. The molecule has 2 rings (SSSR count). The third-order valence-corrected chi connectivity index (χ3v) is 3.62. The highest BCUT2D eigenvalue weighted by atomic mass is 35.5. The van der Waals surface area contributed by atoms with Crippen LogP contribution in [0.25, 0.3) is 6.08 Å². The predicted molar refractivity (Wildman–Crippen MR) is 94.8 cm³/mol. The molecule has 4 nitrogen and oxygen atoms in total. The molecule has 0 fully saturated rings. The lowest BCUT2D eigenvalue weighted by Gasteiger charge is -2.08. The fourth-order valence-electron chi connectivity index (χ4n) is 2.10. The Labute approximate surface area is 146 Å². The van der Waals surface area contributed by atoms with E-state index < -0.39 is 5.97 Å². The van der Waals surface area contributed by atoms with Crippen LogP contribution in [-0.4, -0.2) is 22.9 Å². The Morgan fingerprint density at radius 2 is 1.92 bits per heavy atom. The molecule has 0 spiro atoms. The molecular weight excluding hydrogens is 326 g/mol. The van der Waals surface area contributed by atoms with Crippen LogP contribution in [0.1, 0.15) is 18.2 Å². The highest BCUT2D eigenvalue weighted by Crippen LogP contribution is 2.17. The lowest BCUT2D eigenvalue weighted by molar-refractivity contribution is -0.137. The van der Waals surface area contributed by atoms with E-state index in [4.69, 9.17) is 16.3 Å². The maximum atomic E-state index is 11.8. The smallest absolute Gasteiger partial charge is 0.330 e. The van der Waals surface area contributed by atoms with Gasteiger partial charge in [0.25, 0.3) is 0 Å². The summed E-state index contributed by atoms with van der Waals surface area (Å²) in [5, 5.41) is 0.703. The zero-order valence-corrected chi connectivity index (χ0v) is 14.1. The topological polar surface area (TPSA) is 48.3 Å². The first-order valence-electron chi connectivity index (χ1n) is 7.55. The number of ether oxygens (including phenoxy) is 1. The van der Waals surface area contributed by atoms with Crippen molar-refractivity contribution in [3.8, 4) is 0 Å². The van der Waals surface area contributed by atoms with E-state index in [0.29, 0.717) is 11.6 Å². The van der Waals surface area contributed by atoms with Gasteiger partial charge >= 0.3 is 5.97 Å². The number of ketones is 1. The number of carbonyl (C=O) groups is 2. The normalized spacial score (nSPS) is 11.2. The molecule has 0 amide bonds. The molecule has 0 saturated heterocycles. The third kappa shape index (κ3) is 5.25. The second kappa shape index (κ2) is 8.89. The molecule has 0 aliphatic rings. The zero-order valence-electron chi connectivity index (χ0n) is 13.3. The van der Waals surface area contributed by atoms with Gasteiger partial charge in [-0.3, -0.25) is 4.79 Å². The molecule has 0 bridgehead atoms. The van der Waals surface area contributed by atoms with E-state index in [1.54, 1.807) is 13.0 Å². The summed E-state index contributed by atoms with van der Waals surface area (Å²) in [7, 11) is 0.